The van der Waals surface area contributed by atoms with Gasteiger partial charge in [-0.25, -0.2) is 0 Å². The molecule has 0 spiro atoms. The molecule has 0 saturated carbocycles. The zero-order valence-electron chi connectivity index (χ0n) is 16.0. The van der Waals surface area contributed by atoms with E-state index in [1.807, 2.05) is 84.9 Å². The quantitative estimate of drug-likeness (QED) is 0.380. The van der Waals surface area contributed by atoms with E-state index in [4.69, 9.17) is 0 Å². The standard InChI is InChI=1S/C26H17NO2S/c28-24-21-14-6-7-16-22(21)30-26(27-25(29)18-10-2-1-3-11-18)23(24)20-15-8-12-17-9-4-5-13-19(17)20/h1-16H,(H,27,29). The van der Waals surface area contributed by atoms with Gasteiger partial charge in [0.2, 0.25) is 0 Å². The van der Waals surface area contributed by atoms with E-state index in [0.717, 1.165) is 21.0 Å². The largest absolute Gasteiger partial charge is 0.313 e. The third-order valence-corrected chi connectivity index (χ3v) is 6.21. The molecular weight excluding hydrogens is 390 g/mol. The summed E-state index contributed by atoms with van der Waals surface area (Å²) in [6.45, 7) is 0. The van der Waals surface area contributed by atoms with Crippen LogP contribution in [0.4, 0.5) is 5.00 Å². The average molecular weight is 407 g/mol. The SMILES string of the molecule is O=C(Nc1sc2ccccc2c(=O)c1-c1cccc2ccccc12)c1ccccc1. The molecule has 30 heavy (non-hydrogen) atoms. The first-order valence-corrected chi connectivity index (χ1v) is 10.4. The van der Waals surface area contributed by atoms with Crippen molar-refractivity contribution in [1.82, 2.24) is 0 Å². The van der Waals surface area contributed by atoms with Gasteiger partial charge < -0.3 is 5.32 Å². The minimum absolute atomic E-state index is 0.0796. The lowest BCUT2D eigenvalue weighted by molar-refractivity contribution is 0.102. The first-order chi connectivity index (χ1) is 14.7. The maximum absolute atomic E-state index is 13.6. The van der Waals surface area contributed by atoms with Crippen LogP contribution >= 0.6 is 11.3 Å². The highest BCUT2D eigenvalue weighted by Crippen LogP contribution is 2.37. The van der Waals surface area contributed by atoms with Crippen LogP contribution in [0.25, 0.3) is 32.0 Å². The topological polar surface area (TPSA) is 46.2 Å². The molecule has 144 valence electrons. The van der Waals surface area contributed by atoms with Gasteiger partial charge in [-0.15, -0.1) is 11.3 Å². The number of nitrogens with one attached hydrogen (secondary N) is 1. The highest BCUT2D eigenvalue weighted by atomic mass is 32.1. The third-order valence-electron chi connectivity index (χ3n) is 5.12. The summed E-state index contributed by atoms with van der Waals surface area (Å²) in [5, 5.41) is 6.25. The number of hydrogen-bond acceptors (Lipinski definition) is 3. The molecule has 0 atom stereocenters. The van der Waals surface area contributed by atoms with E-state index in [1.54, 1.807) is 12.1 Å². The van der Waals surface area contributed by atoms with Gasteiger partial charge in [0.15, 0.2) is 5.43 Å². The molecule has 1 amide bonds. The number of rotatable bonds is 3. The second kappa shape index (κ2) is 7.58. The van der Waals surface area contributed by atoms with Gasteiger partial charge in [-0.1, -0.05) is 72.8 Å². The van der Waals surface area contributed by atoms with Crippen LogP contribution in [0.1, 0.15) is 10.4 Å². The molecule has 0 fully saturated rings. The second-order valence-electron chi connectivity index (χ2n) is 6.98. The van der Waals surface area contributed by atoms with Gasteiger partial charge in [0.1, 0.15) is 5.00 Å². The molecule has 3 nitrogen and oxygen atoms in total. The molecule has 4 aromatic carbocycles. The Balaban J connectivity index is 1.78. The number of amides is 1. The van der Waals surface area contributed by atoms with Crippen molar-refractivity contribution in [3.05, 3.63) is 113 Å². The maximum atomic E-state index is 13.6. The van der Waals surface area contributed by atoms with Gasteiger partial charge in [0.05, 0.1) is 5.56 Å². The van der Waals surface area contributed by atoms with E-state index >= 15 is 0 Å². The first-order valence-electron chi connectivity index (χ1n) is 9.63. The van der Waals surface area contributed by atoms with Gasteiger partial charge in [-0.3, -0.25) is 9.59 Å². The van der Waals surface area contributed by atoms with E-state index in [0.29, 0.717) is 21.5 Å². The summed E-state index contributed by atoms with van der Waals surface area (Å²) in [6, 6.07) is 30.4. The summed E-state index contributed by atoms with van der Waals surface area (Å²) >= 11 is 1.42. The fraction of sp³-hybridized carbons (Fsp3) is 0. The van der Waals surface area contributed by atoms with Crippen LogP contribution < -0.4 is 10.7 Å². The molecule has 0 aliphatic rings. The number of carbonyl (C=O) groups is 1. The summed E-state index contributed by atoms with van der Waals surface area (Å²) < 4.78 is 0.842. The predicted octanol–water partition coefficient (Wildman–Crippen LogP) is 6.33. The van der Waals surface area contributed by atoms with Crippen LogP contribution in [-0.4, -0.2) is 5.91 Å². The zero-order valence-corrected chi connectivity index (χ0v) is 16.8. The lowest BCUT2D eigenvalue weighted by Crippen LogP contribution is -2.15. The van der Waals surface area contributed by atoms with Crippen LogP contribution in [0.3, 0.4) is 0 Å². The predicted molar refractivity (Wildman–Crippen MR) is 125 cm³/mol. The molecule has 1 N–H and O–H groups in total. The molecule has 0 unspecified atom stereocenters. The van der Waals surface area contributed by atoms with Gasteiger partial charge in [0, 0.05) is 15.6 Å². The summed E-state index contributed by atoms with van der Waals surface area (Å²) in [4.78, 5) is 26.5. The monoisotopic (exact) mass is 407 g/mol. The summed E-state index contributed by atoms with van der Waals surface area (Å²) in [5.41, 5.74) is 1.82. The summed E-state index contributed by atoms with van der Waals surface area (Å²) in [5.74, 6) is -0.233. The number of anilines is 1. The van der Waals surface area contributed by atoms with Crippen molar-refractivity contribution in [2.75, 3.05) is 5.32 Å². The summed E-state index contributed by atoms with van der Waals surface area (Å²) in [7, 11) is 0. The van der Waals surface area contributed by atoms with E-state index in [-0.39, 0.29) is 11.3 Å². The van der Waals surface area contributed by atoms with Gasteiger partial charge in [-0.2, -0.15) is 0 Å². The van der Waals surface area contributed by atoms with Gasteiger partial charge in [-0.05, 0) is 40.6 Å². The summed E-state index contributed by atoms with van der Waals surface area (Å²) in [6.07, 6.45) is 0. The minimum Gasteiger partial charge on any atom is -0.313 e. The second-order valence-corrected chi connectivity index (χ2v) is 8.03. The fourth-order valence-electron chi connectivity index (χ4n) is 3.68. The number of benzene rings is 4. The molecule has 0 aliphatic carbocycles. The molecule has 5 aromatic rings. The molecule has 1 aromatic heterocycles. The molecular formula is C26H17NO2S. The van der Waals surface area contributed by atoms with E-state index in [2.05, 4.69) is 5.32 Å². The van der Waals surface area contributed by atoms with Gasteiger partial charge >= 0.3 is 0 Å². The van der Waals surface area contributed by atoms with Crippen LogP contribution in [0.5, 0.6) is 0 Å². The van der Waals surface area contributed by atoms with Crippen LogP contribution in [0.15, 0.2) is 102 Å². The average Bonchev–Trinajstić information content (AvgIpc) is 2.80. The minimum atomic E-state index is -0.233. The Hall–Kier alpha value is -3.76. The van der Waals surface area contributed by atoms with Crippen molar-refractivity contribution in [2.24, 2.45) is 0 Å². The Kier molecular flexibility index (Phi) is 4.62. The van der Waals surface area contributed by atoms with Crippen molar-refractivity contribution in [3.63, 3.8) is 0 Å². The lowest BCUT2D eigenvalue weighted by Gasteiger charge is -2.13. The lowest BCUT2D eigenvalue weighted by atomic mass is 9.98. The molecule has 5 rings (SSSR count). The third kappa shape index (κ3) is 3.17. The first kappa shape index (κ1) is 18.3. The van der Waals surface area contributed by atoms with Crippen molar-refractivity contribution >= 4 is 43.1 Å². The normalized spacial score (nSPS) is 10.9. The van der Waals surface area contributed by atoms with Crippen LogP contribution in [0, 0.1) is 0 Å². The highest BCUT2D eigenvalue weighted by molar-refractivity contribution is 7.22. The Morgan fingerprint density at radius 3 is 2.20 bits per heavy atom. The maximum Gasteiger partial charge on any atom is 0.256 e. The molecule has 0 bridgehead atoms. The van der Waals surface area contributed by atoms with Gasteiger partial charge in [0.25, 0.3) is 5.91 Å². The van der Waals surface area contributed by atoms with E-state index in [9.17, 15) is 9.59 Å². The number of fused-ring (bicyclic) bond motifs is 2. The van der Waals surface area contributed by atoms with Crippen LogP contribution in [0.2, 0.25) is 0 Å². The highest BCUT2D eigenvalue weighted by Gasteiger charge is 2.18. The molecule has 1 heterocycles. The smallest absolute Gasteiger partial charge is 0.256 e. The molecule has 0 radical (unpaired) electrons. The fourth-order valence-corrected chi connectivity index (χ4v) is 4.77. The molecule has 0 aliphatic heterocycles. The van der Waals surface area contributed by atoms with Crippen LogP contribution in [-0.2, 0) is 0 Å². The van der Waals surface area contributed by atoms with Crippen molar-refractivity contribution in [2.45, 2.75) is 0 Å². The van der Waals surface area contributed by atoms with Crippen molar-refractivity contribution in [3.8, 4) is 11.1 Å². The molecule has 0 saturated heterocycles. The van der Waals surface area contributed by atoms with Crippen molar-refractivity contribution < 1.29 is 4.79 Å². The zero-order chi connectivity index (χ0) is 20.5. The Bertz CT molecular complexity index is 1450. The Labute approximate surface area is 177 Å². The van der Waals surface area contributed by atoms with Crippen molar-refractivity contribution in [1.29, 1.82) is 0 Å². The Morgan fingerprint density at radius 1 is 0.700 bits per heavy atom. The Morgan fingerprint density at radius 2 is 1.37 bits per heavy atom. The number of carbonyl (C=O) groups excluding carboxylic acids is 1. The van der Waals surface area contributed by atoms with E-state index < -0.39 is 0 Å². The molecule has 4 heteroatoms. The van der Waals surface area contributed by atoms with E-state index in [1.165, 1.54) is 11.3 Å². The number of hydrogen-bond donors (Lipinski definition) is 1.